The summed E-state index contributed by atoms with van der Waals surface area (Å²) in [6, 6.07) is 7.20. The van der Waals surface area contributed by atoms with Crippen LogP contribution in [0.15, 0.2) is 24.3 Å². The van der Waals surface area contributed by atoms with Crippen LogP contribution in [0, 0.1) is 0 Å². The number of hydrogen-bond donors (Lipinski definition) is 0. The summed E-state index contributed by atoms with van der Waals surface area (Å²) >= 11 is 0. The van der Waals surface area contributed by atoms with Crippen molar-refractivity contribution in [2.75, 3.05) is 14.2 Å². The molecule has 0 amide bonds. The first-order valence-corrected chi connectivity index (χ1v) is 8.11. The molecule has 3 rings (SSSR count). The van der Waals surface area contributed by atoms with Gasteiger partial charge in [-0.15, -0.1) is 0 Å². The molecule has 0 radical (unpaired) electrons. The summed E-state index contributed by atoms with van der Waals surface area (Å²) in [5.41, 5.74) is 0.889. The molecule has 1 saturated heterocycles. The minimum absolute atomic E-state index is 0.204. The van der Waals surface area contributed by atoms with Crippen molar-refractivity contribution >= 4 is 29.5 Å². The number of methoxy groups -OCH3 is 2. The van der Waals surface area contributed by atoms with Crippen molar-refractivity contribution in [1.29, 1.82) is 0 Å². The molecule has 0 bridgehead atoms. The lowest BCUT2D eigenvalue weighted by Gasteiger charge is -2.32. The molecule has 1 aliphatic heterocycles. The van der Waals surface area contributed by atoms with Gasteiger partial charge >= 0.3 is 13.1 Å². The SMILES string of the molecule is COC(=O)c1cc(OC)c2cc(B3OC(C)(C)C(C)(C)O3)ccc2n1. The van der Waals surface area contributed by atoms with E-state index in [1.165, 1.54) is 7.11 Å². The Morgan fingerprint density at radius 1 is 1.08 bits per heavy atom. The fourth-order valence-electron chi connectivity index (χ4n) is 2.72. The lowest BCUT2D eigenvalue weighted by Crippen LogP contribution is -2.41. The summed E-state index contributed by atoms with van der Waals surface area (Å²) in [7, 11) is 2.40. The molecule has 6 nitrogen and oxygen atoms in total. The van der Waals surface area contributed by atoms with Gasteiger partial charge in [0.2, 0.25) is 0 Å². The Labute approximate surface area is 147 Å². The quantitative estimate of drug-likeness (QED) is 0.630. The number of ether oxygens (including phenoxy) is 2. The number of rotatable bonds is 3. The molecule has 0 N–H and O–H groups in total. The molecule has 1 aliphatic rings. The Kier molecular flexibility index (Phi) is 4.25. The first-order chi connectivity index (χ1) is 11.7. The topological polar surface area (TPSA) is 66.9 Å². The number of nitrogens with zero attached hydrogens (tertiary/aromatic N) is 1. The molecule has 2 heterocycles. The van der Waals surface area contributed by atoms with Crippen LogP contribution in [0.5, 0.6) is 5.75 Å². The molecular weight excluding hydrogens is 321 g/mol. The zero-order valence-electron chi connectivity index (χ0n) is 15.4. The van der Waals surface area contributed by atoms with Crippen LogP contribution in [-0.4, -0.2) is 43.5 Å². The number of pyridine rings is 1. The van der Waals surface area contributed by atoms with Crippen molar-refractivity contribution in [1.82, 2.24) is 4.98 Å². The predicted molar refractivity (Wildman–Crippen MR) is 95.4 cm³/mol. The monoisotopic (exact) mass is 343 g/mol. The molecule has 0 atom stereocenters. The normalized spacial score (nSPS) is 18.4. The van der Waals surface area contributed by atoms with E-state index in [1.54, 1.807) is 13.2 Å². The summed E-state index contributed by atoms with van der Waals surface area (Å²) in [5.74, 6) is 0.0407. The summed E-state index contributed by atoms with van der Waals surface area (Å²) in [4.78, 5) is 16.1. The summed E-state index contributed by atoms with van der Waals surface area (Å²) in [5, 5.41) is 0.780. The fourth-order valence-corrected chi connectivity index (χ4v) is 2.72. The van der Waals surface area contributed by atoms with Crippen molar-refractivity contribution in [3.05, 3.63) is 30.0 Å². The van der Waals surface area contributed by atoms with Gasteiger partial charge in [0.25, 0.3) is 0 Å². The highest BCUT2D eigenvalue weighted by molar-refractivity contribution is 6.62. The maximum Gasteiger partial charge on any atom is 0.494 e. The highest BCUT2D eigenvalue weighted by Gasteiger charge is 2.51. The third-order valence-electron chi connectivity index (χ3n) is 4.93. The number of fused-ring (bicyclic) bond motifs is 1. The zero-order valence-corrected chi connectivity index (χ0v) is 15.4. The first kappa shape index (κ1) is 17.7. The largest absolute Gasteiger partial charge is 0.496 e. The average Bonchev–Trinajstić information content (AvgIpc) is 2.80. The van der Waals surface area contributed by atoms with Crippen LogP contribution < -0.4 is 10.2 Å². The van der Waals surface area contributed by atoms with Crippen molar-refractivity contribution in [3.63, 3.8) is 0 Å². The van der Waals surface area contributed by atoms with E-state index in [4.69, 9.17) is 18.8 Å². The minimum atomic E-state index is -0.504. The molecule has 0 saturated carbocycles. The number of carbonyl (C=O) groups excluding carboxylic acids is 1. The van der Waals surface area contributed by atoms with Gasteiger partial charge in [-0.05, 0) is 45.3 Å². The van der Waals surface area contributed by atoms with Crippen LogP contribution in [0.2, 0.25) is 0 Å². The molecule has 0 unspecified atom stereocenters. The Hall–Kier alpha value is -2.12. The van der Waals surface area contributed by atoms with Gasteiger partial charge in [0, 0.05) is 11.5 Å². The molecule has 1 aromatic carbocycles. The summed E-state index contributed by atoms with van der Waals surface area (Å²) < 4.78 is 22.4. The molecule has 0 aliphatic carbocycles. The number of hydrogen-bond acceptors (Lipinski definition) is 6. The van der Waals surface area contributed by atoms with Gasteiger partial charge in [-0.25, -0.2) is 9.78 Å². The van der Waals surface area contributed by atoms with E-state index in [0.29, 0.717) is 11.3 Å². The summed E-state index contributed by atoms with van der Waals surface area (Å²) in [6.45, 7) is 8.05. The van der Waals surface area contributed by atoms with Crippen LogP contribution >= 0.6 is 0 Å². The second-order valence-corrected chi connectivity index (χ2v) is 7.07. The smallest absolute Gasteiger partial charge is 0.494 e. The van der Waals surface area contributed by atoms with Crippen molar-refractivity contribution in [3.8, 4) is 5.75 Å². The van der Waals surface area contributed by atoms with Gasteiger partial charge in [-0.2, -0.15) is 0 Å². The van der Waals surface area contributed by atoms with Crippen LogP contribution in [0.4, 0.5) is 0 Å². The van der Waals surface area contributed by atoms with E-state index < -0.39 is 24.3 Å². The van der Waals surface area contributed by atoms with Gasteiger partial charge in [-0.3, -0.25) is 0 Å². The van der Waals surface area contributed by atoms with Gasteiger partial charge in [-0.1, -0.05) is 6.07 Å². The third-order valence-corrected chi connectivity index (χ3v) is 4.93. The molecule has 2 aromatic rings. The minimum Gasteiger partial charge on any atom is -0.496 e. The van der Waals surface area contributed by atoms with Gasteiger partial charge in [0.15, 0.2) is 5.69 Å². The van der Waals surface area contributed by atoms with E-state index in [1.807, 2.05) is 45.9 Å². The Morgan fingerprint density at radius 2 is 1.72 bits per heavy atom. The fraction of sp³-hybridized carbons (Fsp3) is 0.444. The molecule has 132 valence electrons. The van der Waals surface area contributed by atoms with Crippen LogP contribution in [0.1, 0.15) is 38.2 Å². The van der Waals surface area contributed by atoms with E-state index in [-0.39, 0.29) is 5.69 Å². The molecular formula is C18H22BNO5. The molecule has 1 aromatic heterocycles. The molecule has 0 spiro atoms. The lowest BCUT2D eigenvalue weighted by atomic mass is 9.78. The first-order valence-electron chi connectivity index (χ1n) is 8.11. The molecule has 25 heavy (non-hydrogen) atoms. The Bertz CT molecular complexity index is 818. The number of esters is 1. The van der Waals surface area contributed by atoms with Crippen molar-refractivity contribution in [2.24, 2.45) is 0 Å². The number of carbonyl (C=O) groups is 1. The zero-order chi connectivity index (χ0) is 18.4. The molecule has 1 fully saturated rings. The van der Waals surface area contributed by atoms with Crippen molar-refractivity contribution < 1.29 is 23.6 Å². The molecule has 7 heteroatoms. The van der Waals surface area contributed by atoms with Crippen molar-refractivity contribution in [2.45, 2.75) is 38.9 Å². The lowest BCUT2D eigenvalue weighted by molar-refractivity contribution is 0.00578. The van der Waals surface area contributed by atoms with E-state index >= 15 is 0 Å². The van der Waals surface area contributed by atoms with Gasteiger partial charge in [0.05, 0.1) is 30.9 Å². The van der Waals surface area contributed by atoms with Gasteiger partial charge in [0.1, 0.15) is 5.75 Å². The average molecular weight is 343 g/mol. The van der Waals surface area contributed by atoms with Crippen LogP contribution in [0.25, 0.3) is 10.9 Å². The predicted octanol–water partition coefficient (Wildman–Crippen LogP) is 2.33. The Balaban J connectivity index is 2.05. The maximum atomic E-state index is 11.8. The van der Waals surface area contributed by atoms with Gasteiger partial charge < -0.3 is 18.8 Å². The van der Waals surface area contributed by atoms with E-state index in [2.05, 4.69) is 4.98 Å². The van der Waals surface area contributed by atoms with Crippen LogP contribution in [-0.2, 0) is 14.0 Å². The van der Waals surface area contributed by atoms with E-state index in [9.17, 15) is 4.79 Å². The second-order valence-electron chi connectivity index (χ2n) is 7.07. The maximum absolute atomic E-state index is 11.8. The number of benzene rings is 1. The third kappa shape index (κ3) is 2.98. The summed E-state index contributed by atoms with van der Waals surface area (Å²) in [6.07, 6.45) is 0. The van der Waals surface area contributed by atoms with Crippen LogP contribution in [0.3, 0.4) is 0 Å². The highest BCUT2D eigenvalue weighted by Crippen LogP contribution is 2.37. The highest BCUT2D eigenvalue weighted by atomic mass is 16.7. The Morgan fingerprint density at radius 3 is 2.28 bits per heavy atom. The van der Waals surface area contributed by atoms with E-state index in [0.717, 1.165) is 10.8 Å². The standard InChI is InChI=1S/C18H22BNO5/c1-17(2)18(3,4)25-19(24-17)11-7-8-13-12(9-11)15(22-5)10-14(20-13)16(21)23-6/h7-10H,1-6H3. The second kappa shape index (κ2) is 6.00. The number of aromatic nitrogens is 1.